The van der Waals surface area contributed by atoms with Crippen LogP contribution in [0.15, 0.2) is 29.3 Å². The van der Waals surface area contributed by atoms with Crippen LogP contribution >= 0.6 is 24.0 Å². The Morgan fingerprint density at radius 3 is 2.52 bits per heavy atom. The lowest BCUT2D eigenvalue weighted by Crippen LogP contribution is -2.40. The monoisotopic (exact) mass is 430 g/mol. The molecule has 1 aromatic carbocycles. The first-order chi connectivity index (χ1) is 10.8. The van der Waals surface area contributed by atoms with Crippen molar-refractivity contribution >= 4 is 29.9 Å². The molecule has 5 nitrogen and oxygen atoms in total. The zero-order valence-electron chi connectivity index (χ0n) is 13.5. The Bertz CT molecular complexity index is 498. The van der Waals surface area contributed by atoms with Gasteiger partial charge in [-0.2, -0.15) is 0 Å². The molecule has 6 heteroatoms. The molecule has 128 valence electrons. The maximum atomic E-state index is 9.55. The van der Waals surface area contributed by atoms with Gasteiger partial charge in [0.25, 0.3) is 0 Å². The van der Waals surface area contributed by atoms with E-state index < -0.39 is 0 Å². The maximum Gasteiger partial charge on any atom is 0.191 e. The van der Waals surface area contributed by atoms with Crippen LogP contribution in [0.25, 0.3) is 0 Å². The van der Waals surface area contributed by atoms with Crippen molar-refractivity contribution in [2.45, 2.75) is 38.5 Å². The highest BCUT2D eigenvalue weighted by molar-refractivity contribution is 14.0. The van der Waals surface area contributed by atoms with Gasteiger partial charge in [0.1, 0.15) is 0 Å². The minimum Gasteiger partial charge on any atom is -0.393 e. The number of guanidine groups is 1. The summed E-state index contributed by atoms with van der Waals surface area (Å²) in [6.45, 7) is 5.71. The summed E-state index contributed by atoms with van der Waals surface area (Å²) in [4.78, 5) is 6.83. The van der Waals surface area contributed by atoms with Crippen molar-refractivity contribution in [3.05, 3.63) is 35.4 Å². The smallest absolute Gasteiger partial charge is 0.191 e. The number of aliphatic hydroxyl groups is 1. The molecule has 2 heterocycles. The Morgan fingerprint density at radius 1 is 1.17 bits per heavy atom. The van der Waals surface area contributed by atoms with Gasteiger partial charge < -0.3 is 15.7 Å². The zero-order chi connectivity index (χ0) is 15.2. The van der Waals surface area contributed by atoms with E-state index >= 15 is 0 Å². The summed E-state index contributed by atoms with van der Waals surface area (Å²) in [5, 5.41) is 16.2. The lowest BCUT2D eigenvalue weighted by molar-refractivity contribution is 0.0792. The van der Waals surface area contributed by atoms with Crippen LogP contribution in [0, 0.1) is 0 Å². The predicted octanol–water partition coefficient (Wildman–Crippen LogP) is 1.70. The van der Waals surface area contributed by atoms with E-state index in [1.807, 2.05) is 0 Å². The number of nitrogens with zero attached hydrogens (tertiary/aromatic N) is 2. The van der Waals surface area contributed by atoms with Crippen LogP contribution in [0.4, 0.5) is 0 Å². The van der Waals surface area contributed by atoms with Gasteiger partial charge in [0, 0.05) is 39.3 Å². The van der Waals surface area contributed by atoms with Gasteiger partial charge in [-0.3, -0.25) is 9.89 Å². The Kier molecular flexibility index (Phi) is 7.58. The first-order valence-electron chi connectivity index (χ1n) is 8.30. The molecule has 1 aromatic rings. The van der Waals surface area contributed by atoms with Gasteiger partial charge in [0.2, 0.25) is 0 Å². The highest BCUT2D eigenvalue weighted by Crippen LogP contribution is 2.14. The molecule has 0 atom stereocenters. The number of hydrogen-bond donors (Lipinski definition) is 3. The minimum absolute atomic E-state index is 0. The topological polar surface area (TPSA) is 59.9 Å². The Hall–Kier alpha value is -0.860. The van der Waals surface area contributed by atoms with E-state index in [4.69, 9.17) is 0 Å². The SMILES string of the molecule is I.OC1CCN(Cc2ccc(CNC3=NCCCN3)cc2)CC1. The van der Waals surface area contributed by atoms with Crippen molar-refractivity contribution in [2.75, 3.05) is 26.2 Å². The van der Waals surface area contributed by atoms with E-state index in [9.17, 15) is 5.11 Å². The second kappa shape index (κ2) is 9.44. The molecule has 3 rings (SSSR count). The average Bonchev–Trinajstić information content (AvgIpc) is 2.57. The first-order valence-corrected chi connectivity index (χ1v) is 8.30. The first kappa shape index (κ1) is 18.5. The molecule has 1 saturated heterocycles. The van der Waals surface area contributed by atoms with E-state index in [2.05, 4.69) is 44.8 Å². The van der Waals surface area contributed by atoms with Gasteiger partial charge in [-0.1, -0.05) is 24.3 Å². The van der Waals surface area contributed by atoms with Crippen LogP contribution in [-0.2, 0) is 13.1 Å². The fourth-order valence-corrected chi connectivity index (χ4v) is 2.93. The number of piperidine rings is 1. The molecular weight excluding hydrogens is 403 g/mol. The molecule has 2 aliphatic rings. The molecule has 0 aliphatic carbocycles. The van der Waals surface area contributed by atoms with Crippen LogP contribution in [0.2, 0.25) is 0 Å². The van der Waals surface area contributed by atoms with E-state index in [-0.39, 0.29) is 30.1 Å². The molecule has 0 amide bonds. The Morgan fingerprint density at radius 2 is 1.87 bits per heavy atom. The van der Waals surface area contributed by atoms with E-state index in [1.165, 1.54) is 11.1 Å². The number of hydrogen-bond acceptors (Lipinski definition) is 5. The summed E-state index contributed by atoms with van der Waals surface area (Å²) in [7, 11) is 0. The molecule has 2 aliphatic heterocycles. The number of halogens is 1. The molecule has 0 bridgehead atoms. The van der Waals surface area contributed by atoms with Crippen LogP contribution < -0.4 is 10.6 Å². The normalized spacial score (nSPS) is 19.4. The van der Waals surface area contributed by atoms with Crippen LogP contribution in [0.1, 0.15) is 30.4 Å². The summed E-state index contributed by atoms with van der Waals surface area (Å²) >= 11 is 0. The lowest BCUT2D eigenvalue weighted by Gasteiger charge is -2.29. The van der Waals surface area contributed by atoms with E-state index in [1.54, 1.807) is 0 Å². The van der Waals surface area contributed by atoms with Gasteiger partial charge in [-0.05, 0) is 30.4 Å². The molecule has 0 aromatic heterocycles. The summed E-state index contributed by atoms with van der Waals surface area (Å²) in [6, 6.07) is 8.78. The molecule has 0 spiro atoms. The summed E-state index contributed by atoms with van der Waals surface area (Å²) < 4.78 is 0. The minimum atomic E-state index is -0.0963. The highest BCUT2D eigenvalue weighted by atomic mass is 127. The quantitative estimate of drug-likeness (QED) is 0.637. The number of nitrogens with one attached hydrogen (secondary N) is 2. The van der Waals surface area contributed by atoms with E-state index in [0.717, 1.165) is 64.5 Å². The Balaban J connectivity index is 0.00000192. The highest BCUT2D eigenvalue weighted by Gasteiger charge is 2.16. The molecule has 1 fully saturated rings. The van der Waals surface area contributed by atoms with Crippen molar-refractivity contribution in [2.24, 2.45) is 4.99 Å². The fraction of sp³-hybridized carbons (Fsp3) is 0.588. The molecule has 0 radical (unpaired) electrons. The third-order valence-corrected chi connectivity index (χ3v) is 4.34. The van der Waals surface area contributed by atoms with Crippen molar-refractivity contribution in [1.82, 2.24) is 15.5 Å². The van der Waals surface area contributed by atoms with Gasteiger partial charge in [-0.25, -0.2) is 0 Å². The molecule has 0 saturated carbocycles. The second-order valence-electron chi connectivity index (χ2n) is 6.19. The maximum absolute atomic E-state index is 9.55. The molecule has 0 unspecified atom stereocenters. The second-order valence-corrected chi connectivity index (χ2v) is 6.19. The van der Waals surface area contributed by atoms with Gasteiger partial charge >= 0.3 is 0 Å². The predicted molar refractivity (Wildman–Crippen MR) is 104 cm³/mol. The van der Waals surface area contributed by atoms with Gasteiger partial charge in [0.05, 0.1) is 6.10 Å². The number of aliphatic hydroxyl groups excluding tert-OH is 1. The average molecular weight is 430 g/mol. The molecular formula is C17H27IN4O. The third kappa shape index (κ3) is 5.93. The van der Waals surface area contributed by atoms with Crippen LogP contribution in [0.5, 0.6) is 0 Å². The van der Waals surface area contributed by atoms with Crippen molar-refractivity contribution < 1.29 is 5.11 Å². The third-order valence-electron chi connectivity index (χ3n) is 4.34. The van der Waals surface area contributed by atoms with Crippen LogP contribution in [0.3, 0.4) is 0 Å². The van der Waals surface area contributed by atoms with Gasteiger partial charge in [-0.15, -0.1) is 24.0 Å². The van der Waals surface area contributed by atoms with Crippen LogP contribution in [-0.4, -0.2) is 48.2 Å². The standard InChI is InChI=1S/C17H26N4O.HI/c22-16-6-10-21(11-7-16)13-15-4-2-14(3-5-15)12-20-17-18-8-1-9-19-17;/h2-5,16,22H,1,6-13H2,(H2,18,19,20);1H. The molecule has 23 heavy (non-hydrogen) atoms. The summed E-state index contributed by atoms with van der Waals surface area (Å²) in [5.74, 6) is 0.919. The largest absolute Gasteiger partial charge is 0.393 e. The van der Waals surface area contributed by atoms with E-state index in [0.29, 0.717) is 0 Å². The number of rotatable bonds is 4. The number of likely N-dealkylation sites (tertiary alicyclic amines) is 1. The molecule has 3 N–H and O–H groups in total. The van der Waals surface area contributed by atoms with Crippen molar-refractivity contribution in [3.8, 4) is 0 Å². The fourth-order valence-electron chi connectivity index (χ4n) is 2.93. The zero-order valence-corrected chi connectivity index (χ0v) is 15.8. The number of aliphatic imine (C=N–C) groups is 1. The summed E-state index contributed by atoms with van der Waals surface area (Å²) in [6.07, 6.45) is 2.82. The lowest BCUT2D eigenvalue weighted by atomic mass is 10.1. The Labute approximate surface area is 155 Å². The number of benzene rings is 1. The van der Waals surface area contributed by atoms with Crippen molar-refractivity contribution in [3.63, 3.8) is 0 Å². The summed E-state index contributed by atoms with van der Waals surface area (Å²) in [5.41, 5.74) is 2.61. The van der Waals surface area contributed by atoms with Gasteiger partial charge in [0.15, 0.2) is 5.96 Å². The van der Waals surface area contributed by atoms with Crippen molar-refractivity contribution in [1.29, 1.82) is 0 Å².